The van der Waals surface area contributed by atoms with Crippen LogP contribution in [0.3, 0.4) is 0 Å². The largest absolute Gasteiger partial charge is 0.482 e. The first kappa shape index (κ1) is 22.4. The molecule has 0 aliphatic rings. The lowest BCUT2D eigenvalue weighted by Gasteiger charge is -2.09. The lowest BCUT2D eigenvalue weighted by Crippen LogP contribution is -2.20. The SMILES string of the molecule is O=C(COc1ccccc1Cl)Nc1ccc(-c2nc3ccc(C(=O)c4ccccc4)cc3[nH]2)cc1. The fourth-order valence-corrected chi connectivity index (χ4v) is 3.85. The quantitative estimate of drug-likeness (QED) is 0.274. The van der Waals surface area contributed by atoms with Crippen molar-refractivity contribution < 1.29 is 14.3 Å². The molecule has 0 radical (unpaired) electrons. The van der Waals surface area contributed by atoms with Crippen molar-refractivity contribution in [1.82, 2.24) is 9.97 Å². The molecule has 7 heteroatoms. The molecule has 0 atom stereocenters. The van der Waals surface area contributed by atoms with Gasteiger partial charge >= 0.3 is 0 Å². The van der Waals surface area contributed by atoms with Gasteiger partial charge in [-0.25, -0.2) is 4.98 Å². The van der Waals surface area contributed by atoms with Crippen LogP contribution in [-0.4, -0.2) is 28.3 Å². The van der Waals surface area contributed by atoms with E-state index >= 15 is 0 Å². The second-order valence-corrected chi connectivity index (χ2v) is 8.26. The van der Waals surface area contributed by atoms with Gasteiger partial charge in [-0.2, -0.15) is 0 Å². The van der Waals surface area contributed by atoms with Crippen LogP contribution in [-0.2, 0) is 4.79 Å². The van der Waals surface area contributed by atoms with Gasteiger partial charge in [-0.3, -0.25) is 9.59 Å². The standard InChI is InChI=1S/C28H20ClN3O3/c29-22-8-4-5-9-25(22)35-17-26(33)30-21-13-10-19(11-14-21)28-31-23-15-12-20(16-24(23)32-28)27(34)18-6-2-1-3-7-18/h1-16H,17H2,(H,30,33)(H,31,32). The minimum atomic E-state index is -0.294. The molecule has 1 amide bonds. The predicted octanol–water partition coefficient (Wildman–Crippen LogP) is 6.13. The molecule has 0 aliphatic carbocycles. The topological polar surface area (TPSA) is 84.1 Å². The smallest absolute Gasteiger partial charge is 0.262 e. The van der Waals surface area contributed by atoms with E-state index in [4.69, 9.17) is 16.3 Å². The number of rotatable bonds is 7. The Kier molecular flexibility index (Phi) is 6.28. The van der Waals surface area contributed by atoms with E-state index in [1.807, 2.05) is 42.5 Å². The number of anilines is 1. The average Bonchev–Trinajstić information content (AvgIpc) is 3.32. The van der Waals surface area contributed by atoms with E-state index in [0.29, 0.717) is 33.4 Å². The van der Waals surface area contributed by atoms with Gasteiger partial charge in [-0.1, -0.05) is 54.1 Å². The minimum Gasteiger partial charge on any atom is -0.482 e. The lowest BCUT2D eigenvalue weighted by molar-refractivity contribution is -0.118. The molecular weight excluding hydrogens is 462 g/mol. The zero-order chi connectivity index (χ0) is 24.2. The van der Waals surface area contributed by atoms with Gasteiger partial charge in [-0.05, 0) is 54.6 Å². The van der Waals surface area contributed by atoms with Crippen molar-refractivity contribution in [3.05, 3.63) is 113 Å². The number of aromatic amines is 1. The van der Waals surface area contributed by atoms with Crippen molar-refractivity contribution >= 4 is 40.0 Å². The van der Waals surface area contributed by atoms with Crippen LogP contribution in [0.2, 0.25) is 5.02 Å². The van der Waals surface area contributed by atoms with E-state index in [1.54, 1.807) is 54.6 Å². The molecule has 1 aromatic heterocycles. The van der Waals surface area contributed by atoms with E-state index in [1.165, 1.54) is 0 Å². The third-order valence-corrected chi connectivity index (χ3v) is 5.73. The summed E-state index contributed by atoms with van der Waals surface area (Å²) in [5.41, 5.74) is 4.25. The van der Waals surface area contributed by atoms with E-state index in [0.717, 1.165) is 16.6 Å². The van der Waals surface area contributed by atoms with Crippen LogP contribution < -0.4 is 10.1 Å². The first-order chi connectivity index (χ1) is 17.1. The molecule has 0 fully saturated rings. The van der Waals surface area contributed by atoms with Crippen LogP contribution in [0.4, 0.5) is 5.69 Å². The van der Waals surface area contributed by atoms with E-state index in [2.05, 4.69) is 15.3 Å². The van der Waals surface area contributed by atoms with Crippen LogP contribution in [0.5, 0.6) is 5.75 Å². The number of amides is 1. The number of H-pyrrole nitrogens is 1. The lowest BCUT2D eigenvalue weighted by atomic mass is 10.0. The molecule has 172 valence electrons. The number of hydrogen-bond donors (Lipinski definition) is 2. The maximum absolute atomic E-state index is 12.8. The summed E-state index contributed by atoms with van der Waals surface area (Å²) in [6.45, 7) is -0.154. The molecule has 0 saturated carbocycles. The Bertz CT molecular complexity index is 1510. The number of nitrogens with zero attached hydrogens (tertiary/aromatic N) is 1. The van der Waals surface area contributed by atoms with Gasteiger partial charge in [0.15, 0.2) is 12.4 Å². The maximum atomic E-state index is 12.8. The number of hydrogen-bond acceptors (Lipinski definition) is 4. The van der Waals surface area contributed by atoms with Crippen molar-refractivity contribution in [3.8, 4) is 17.1 Å². The van der Waals surface area contributed by atoms with Crippen molar-refractivity contribution in [2.75, 3.05) is 11.9 Å². The molecule has 1 heterocycles. The van der Waals surface area contributed by atoms with Gasteiger partial charge in [0.05, 0.1) is 16.1 Å². The van der Waals surface area contributed by atoms with Crippen molar-refractivity contribution in [2.24, 2.45) is 0 Å². The minimum absolute atomic E-state index is 0.0396. The molecule has 5 aromatic rings. The second-order valence-electron chi connectivity index (χ2n) is 7.86. The van der Waals surface area contributed by atoms with Crippen LogP contribution in [0, 0.1) is 0 Å². The van der Waals surface area contributed by atoms with Gasteiger partial charge in [0.2, 0.25) is 0 Å². The zero-order valence-corrected chi connectivity index (χ0v) is 19.3. The normalized spacial score (nSPS) is 10.8. The molecule has 2 N–H and O–H groups in total. The highest BCUT2D eigenvalue weighted by Crippen LogP contribution is 2.25. The Morgan fingerprint density at radius 2 is 1.60 bits per heavy atom. The summed E-state index contributed by atoms with van der Waals surface area (Å²) in [6.07, 6.45) is 0. The number of carbonyl (C=O) groups is 2. The van der Waals surface area contributed by atoms with Gasteiger partial charge in [-0.15, -0.1) is 0 Å². The van der Waals surface area contributed by atoms with Crippen molar-refractivity contribution in [3.63, 3.8) is 0 Å². The van der Waals surface area contributed by atoms with E-state index in [9.17, 15) is 9.59 Å². The summed E-state index contributed by atoms with van der Waals surface area (Å²) in [7, 11) is 0. The Labute approximate surface area is 206 Å². The zero-order valence-electron chi connectivity index (χ0n) is 18.5. The first-order valence-corrected chi connectivity index (χ1v) is 11.3. The Balaban J connectivity index is 1.26. The number of carbonyl (C=O) groups excluding carboxylic acids is 2. The molecule has 0 saturated heterocycles. The van der Waals surface area contributed by atoms with Crippen LogP contribution in [0.1, 0.15) is 15.9 Å². The van der Waals surface area contributed by atoms with E-state index in [-0.39, 0.29) is 18.3 Å². The van der Waals surface area contributed by atoms with Gasteiger partial charge < -0.3 is 15.0 Å². The third-order valence-electron chi connectivity index (χ3n) is 5.42. The van der Waals surface area contributed by atoms with Crippen LogP contribution >= 0.6 is 11.6 Å². The first-order valence-electron chi connectivity index (χ1n) is 10.9. The molecule has 0 aliphatic heterocycles. The molecule has 0 unspecified atom stereocenters. The molecular formula is C28H20ClN3O3. The number of aromatic nitrogens is 2. The molecule has 6 nitrogen and oxygen atoms in total. The highest BCUT2D eigenvalue weighted by Gasteiger charge is 2.12. The number of nitrogens with one attached hydrogen (secondary N) is 2. The Morgan fingerprint density at radius 1 is 0.857 bits per heavy atom. The van der Waals surface area contributed by atoms with E-state index < -0.39 is 0 Å². The Morgan fingerprint density at radius 3 is 2.37 bits per heavy atom. The number of benzene rings is 4. The highest BCUT2D eigenvalue weighted by molar-refractivity contribution is 6.32. The second kappa shape index (κ2) is 9.83. The molecule has 5 rings (SSSR count). The number of imidazole rings is 1. The summed E-state index contributed by atoms with van der Waals surface area (Å²) < 4.78 is 5.47. The van der Waals surface area contributed by atoms with Crippen LogP contribution in [0.15, 0.2) is 97.1 Å². The number of ketones is 1. The molecule has 35 heavy (non-hydrogen) atoms. The summed E-state index contributed by atoms with van der Waals surface area (Å²) in [6, 6.07) is 28.9. The van der Waals surface area contributed by atoms with Gasteiger partial charge in [0.25, 0.3) is 5.91 Å². The summed E-state index contributed by atoms with van der Waals surface area (Å²) >= 11 is 6.04. The van der Waals surface area contributed by atoms with Gasteiger partial charge in [0, 0.05) is 22.4 Å². The number of ether oxygens (including phenoxy) is 1. The van der Waals surface area contributed by atoms with Crippen molar-refractivity contribution in [2.45, 2.75) is 0 Å². The average molecular weight is 482 g/mol. The molecule has 0 spiro atoms. The monoisotopic (exact) mass is 481 g/mol. The summed E-state index contributed by atoms with van der Waals surface area (Å²) in [5, 5.41) is 3.25. The van der Waals surface area contributed by atoms with Crippen molar-refractivity contribution in [1.29, 1.82) is 0 Å². The fourth-order valence-electron chi connectivity index (χ4n) is 3.66. The number of fused-ring (bicyclic) bond motifs is 1. The van der Waals surface area contributed by atoms with Crippen LogP contribution in [0.25, 0.3) is 22.4 Å². The molecule has 4 aromatic carbocycles. The summed E-state index contributed by atoms with van der Waals surface area (Å²) in [5.74, 6) is 0.793. The predicted molar refractivity (Wildman–Crippen MR) is 137 cm³/mol. The Hall–Kier alpha value is -4.42. The highest BCUT2D eigenvalue weighted by atomic mass is 35.5. The molecule has 0 bridgehead atoms. The van der Waals surface area contributed by atoms with Gasteiger partial charge in [0.1, 0.15) is 11.6 Å². The number of halogens is 1. The summed E-state index contributed by atoms with van der Waals surface area (Å²) in [4.78, 5) is 32.9. The third kappa shape index (κ3) is 5.08. The fraction of sp³-hybridized carbons (Fsp3) is 0.0357. The number of para-hydroxylation sites is 1. The maximum Gasteiger partial charge on any atom is 0.262 e.